The minimum Gasteiger partial charge on any atom is -0.340 e. The van der Waals surface area contributed by atoms with Crippen molar-refractivity contribution in [2.75, 3.05) is 7.05 Å². The highest BCUT2D eigenvalue weighted by Gasteiger charge is 2.11. The Balaban J connectivity index is 1.82. The highest BCUT2D eigenvalue weighted by atomic mass is 32.1. The molecule has 3 nitrogen and oxygen atoms in total. The molecule has 4 heteroatoms. The van der Waals surface area contributed by atoms with Crippen LogP contribution in [0.5, 0.6) is 0 Å². The molecule has 0 bridgehead atoms. The van der Waals surface area contributed by atoms with Crippen LogP contribution in [0.4, 0.5) is 0 Å². The van der Waals surface area contributed by atoms with Gasteiger partial charge in [0.1, 0.15) is 0 Å². The van der Waals surface area contributed by atoms with Crippen LogP contribution in [0.25, 0.3) is 0 Å². The highest BCUT2D eigenvalue weighted by molar-refractivity contribution is 7.09. The van der Waals surface area contributed by atoms with Crippen LogP contribution in [0.15, 0.2) is 29.6 Å². The number of aryl methyl sites for hydroxylation is 3. The molecule has 0 unspecified atom stereocenters. The Hall–Kier alpha value is -1.68. The fourth-order valence-electron chi connectivity index (χ4n) is 2.20. The van der Waals surface area contributed by atoms with E-state index in [0.717, 1.165) is 23.5 Å². The van der Waals surface area contributed by atoms with E-state index in [1.165, 1.54) is 11.1 Å². The highest BCUT2D eigenvalue weighted by Crippen LogP contribution is 2.12. The van der Waals surface area contributed by atoms with E-state index in [-0.39, 0.29) is 5.91 Å². The van der Waals surface area contributed by atoms with Crippen LogP contribution in [0.3, 0.4) is 0 Å². The molecule has 0 atom stereocenters. The van der Waals surface area contributed by atoms with Crippen LogP contribution < -0.4 is 0 Å². The normalized spacial score (nSPS) is 10.6. The van der Waals surface area contributed by atoms with Crippen LogP contribution in [0.2, 0.25) is 0 Å². The Morgan fingerprint density at radius 2 is 1.90 bits per heavy atom. The predicted octanol–water partition coefficient (Wildman–Crippen LogP) is 3.61. The molecule has 0 aliphatic heterocycles. The zero-order chi connectivity index (χ0) is 15.2. The molecule has 0 fully saturated rings. The van der Waals surface area contributed by atoms with Gasteiger partial charge in [0.2, 0.25) is 5.91 Å². The molecule has 21 heavy (non-hydrogen) atoms. The van der Waals surface area contributed by atoms with Gasteiger partial charge in [-0.1, -0.05) is 31.2 Å². The first-order valence-corrected chi connectivity index (χ1v) is 8.19. The summed E-state index contributed by atoms with van der Waals surface area (Å²) in [5.41, 5.74) is 3.53. The third kappa shape index (κ3) is 4.67. The van der Waals surface area contributed by atoms with Gasteiger partial charge in [0.05, 0.1) is 17.2 Å². The Kier molecular flexibility index (Phi) is 5.51. The molecule has 0 N–H and O–H groups in total. The fourth-order valence-corrected chi connectivity index (χ4v) is 2.80. The molecule has 1 amide bonds. The van der Waals surface area contributed by atoms with Crippen molar-refractivity contribution in [1.29, 1.82) is 0 Å². The molecule has 112 valence electrons. The van der Waals surface area contributed by atoms with E-state index in [4.69, 9.17) is 0 Å². The maximum Gasteiger partial charge on any atom is 0.222 e. The molecule has 2 rings (SSSR count). The number of benzene rings is 1. The van der Waals surface area contributed by atoms with Crippen molar-refractivity contribution in [3.8, 4) is 0 Å². The molecule has 2 aromatic rings. The van der Waals surface area contributed by atoms with Gasteiger partial charge in [0.25, 0.3) is 0 Å². The first-order valence-electron chi connectivity index (χ1n) is 7.31. The van der Waals surface area contributed by atoms with Gasteiger partial charge in [0, 0.05) is 18.8 Å². The molecule has 0 radical (unpaired) electrons. The second-order valence-corrected chi connectivity index (χ2v) is 6.34. The molecule has 1 aromatic carbocycles. The van der Waals surface area contributed by atoms with Gasteiger partial charge in [-0.25, -0.2) is 4.98 Å². The van der Waals surface area contributed by atoms with Crippen molar-refractivity contribution in [3.63, 3.8) is 0 Å². The molecule has 0 spiro atoms. The SMILES string of the molecule is CCc1ccc(CCC(=O)N(C)Cc2csc(C)n2)cc1. The Labute approximate surface area is 130 Å². The smallest absolute Gasteiger partial charge is 0.222 e. The second-order valence-electron chi connectivity index (χ2n) is 5.28. The summed E-state index contributed by atoms with van der Waals surface area (Å²) in [5.74, 6) is 0.167. The van der Waals surface area contributed by atoms with E-state index >= 15 is 0 Å². The summed E-state index contributed by atoms with van der Waals surface area (Å²) in [6.07, 6.45) is 2.39. The van der Waals surface area contributed by atoms with Gasteiger partial charge in [-0.3, -0.25) is 4.79 Å². The predicted molar refractivity (Wildman–Crippen MR) is 87.5 cm³/mol. The lowest BCUT2D eigenvalue weighted by molar-refractivity contribution is -0.130. The van der Waals surface area contributed by atoms with Crippen molar-refractivity contribution in [3.05, 3.63) is 51.5 Å². The summed E-state index contributed by atoms with van der Waals surface area (Å²) in [6.45, 7) is 4.72. The maximum atomic E-state index is 12.2. The molecule has 0 saturated heterocycles. The topological polar surface area (TPSA) is 33.2 Å². The summed E-state index contributed by atoms with van der Waals surface area (Å²) in [7, 11) is 1.84. The third-order valence-electron chi connectivity index (χ3n) is 3.55. The molecule has 0 aliphatic carbocycles. The summed E-state index contributed by atoms with van der Waals surface area (Å²) in [6, 6.07) is 8.52. The van der Waals surface area contributed by atoms with Crippen molar-refractivity contribution in [2.45, 2.75) is 39.7 Å². The lowest BCUT2D eigenvalue weighted by atomic mass is 10.1. The first kappa shape index (κ1) is 15.7. The number of carbonyl (C=O) groups excluding carboxylic acids is 1. The number of carbonyl (C=O) groups is 1. The molecule has 1 aromatic heterocycles. The van der Waals surface area contributed by atoms with Crippen LogP contribution in [0, 0.1) is 6.92 Å². The van der Waals surface area contributed by atoms with Gasteiger partial charge in [-0.15, -0.1) is 11.3 Å². The maximum absolute atomic E-state index is 12.2. The summed E-state index contributed by atoms with van der Waals surface area (Å²) >= 11 is 1.62. The van der Waals surface area contributed by atoms with E-state index in [9.17, 15) is 4.79 Å². The van der Waals surface area contributed by atoms with E-state index in [1.54, 1.807) is 16.2 Å². The average Bonchev–Trinajstić information content (AvgIpc) is 2.90. The van der Waals surface area contributed by atoms with Gasteiger partial charge >= 0.3 is 0 Å². The van der Waals surface area contributed by atoms with Crippen LogP contribution in [-0.4, -0.2) is 22.8 Å². The molecule has 0 saturated carbocycles. The number of aromatic nitrogens is 1. The lowest BCUT2D eigenvalue weighted by Crippen LogP contribution is -2.26. The van der Waals surface area contributed by atoms with Gasteiger partial charge in [-0.05, 0) is 30.9 Å². The minimum atomic E-state index is 0.167. The number of amides is 1. The largest absolute Gasteiger partial charge is 0.340 e. The Morgan fingerprint density at radius 1 is 1.24 bits per heavy atom. The quantitative estimate of drug-likeness (QED) is 0.817. The van der Waals surface area contributed by atoms with E-state index in [1.807, 2.05) is 19.4 Å². The van der Waals surface area contributed by atoms with Crippen molar-refractivity contribution in [1.82, 2.24) is 9.88 Å². The lowest BCUT2D eigenvalue weighted by Gasteiger charge is -2.15. The first-order chi connectivity index (χ1) is 10.1. The van der Waals surface area contributed by atoms with Gasteiger partial charge in [-0.2, -0.15) is 0 Å². The van der Waals surface area contributed by atoms with E-state index in [0.29, 0.717) is 13.0 Å². The second kappa shape index (κ2) is 7.36. The monoisotopic (exact) mass is 302 g/mol. The molecular formula is C17H22N2OS. The molecular weight excluding hydrogens is 280 g/mol. The number of rotatable bonds is 6. The van der Waals surface area contributed by atoms with E-state index < -0.39 is 0 Å². The number of hydrogen-bond donors (Lipinski definition) is 0. The zero-order valence-corrected chi connectivity index (χ0v) is 13.7. The summed E-state index contributed by atoms with van der Waals surface area (Å²) < 4.78 is 0. The summed E-state index contributed by atoms with van der Waals surface area (Å²) in [5, 5.41) is 3.06. The van der Waals surface area contributed by atoms with Crippen molar-refractivity contribution in [2.24, 2.45) is 0 Å². The average molecular weight is 302 g/mol. The van der Waals surface area contributed by atoms with E-state index in [2.05, 4.69) is 36.2 Å². The summed E-state index contributed by atoms with van der Waals surface area (Å²) in [4.78, 5) is 18.3. The third-order valence-corrected chi connectivity index (χ3v) is 4.37. The fraction of sp³-hybridized carbons (Fsp3) is 0.412. The van der Waals surface area contributed by atoms with Crippen LogP contribution >= 0.6 is 11.3 Å². The van der Waals surface area contributed by atoms with Gasteiger partial charge < -0.3 is 4.90 Å². The minimum absolute atomic E-state index is 0.167. The zero-order valence-electron chi connectivity index (χ0n) is 12.9. The van der Waals surface area contributed by atoms with Crippen LogP contribution in [-0.2, 0) is 24.2 Å². The van der Waals surface area contributed by atoms with Crippen LogP contribution in [0.1, 0.15) is 35.2 Å². The number of nitrogens with zero attached hydrogens (tertiary/aromatic N) is 2. The van der Waals surface area contributed by atoms with Crippen molar-refractivity contribution >= 4 is 17.2 Å². The number of thiazole rings is 1. The Bertz CT molecular complexity index is 589. The number of hydrogen-bond acceptors (Lipinski definition) is 3. The molecule has 1 heterocycles. The van der Waals surface area contributed by atoms with Gasteiger partial charge in [0.15, 0.2) is 0 Å². The standard InChI is InChI=1S/C17H22N2OS/c1-4-14-5-7-15(8-6-14)9-10-17(20)19(3)11-16-12-21-13(2)18-16/h5-8,12H,4,9-11H2,1-3H3. The van der Waals surface area contributed by atoms with Crippen molar-refractivity contribution < 1.29 is 4.79 Å². The molecule has 0 aliphatic rings. The Morgan fingerprint density at radius 3 is 2.48 bits per heavy atom.